The van der Waals surface area contributed by atoms with E-state index in [4.69, 9.17) is 16.9 Å². The zero-order valence-corrected chi connectivity index (χ0v) is 21.8. The van der Waals surface area contributed by atoms with Gasteiger partial charge in [-0.3, -0.25) is 4.79 Å². The van der Waals surface area contributed by atoms with Crippen molar-refractivity contribution in [3.63, 3.8) is 0 Å². The number of carbonyl (C=O) groups excluding carboxylic acids is 1. The molecule has 4 rings (SSSR count). The molecule has 1 unspecified atom stereocenters. The molecule has 0 spiro atoms. The third kappa shape index (κ3) is 8.25. The summed E-state index contributed by atoms with van der Waals surface area (Å²) in [4.78, 5) is 13.8. The molecule has 2 fully saturated rings. The highest BCUT2D eigenvalue weighted by molar-refractivity contribution is 6.31. The van der Waals surface area contributed by atoms with E-state index in [9.17, 15) is 23.1 Å². The third-order valence-electron chi connectivity index (χ3n) is 6.49. The zero-order chi connectivity index (χ0) is 26.9. The summed E-state index contributed by atoms with van der Waals surface area (Å²) in [6.07, 6.45) is 0.592. The highest BCUT2D eigenvalue weighted by Gasteiger charge is 2.42. The van der Waals surface area contributed by atoms with E-state index in [0.717, 1.165) is 44.0 Å². The molecule has 1 heterocycles. The van der Waals surface area contributed by atoms with Crippen LogP contribution in [0.1, 0.15) is 68.2 Å². The smallest absolute Gasteiger partial charge is 0.380 e. The van der Waals surface area contributed by atoms with E-state index in [0.29, 0.717) is 41.3 Å². The molecule has 1 N–H and O–H groups in total. The Morgan fingerprint density at radius 3 is 2.33 bits per heavy atom. The Balaban J connectivity index is 0.000000193. The molecule has 196 valence electrons. The Labute approximate surface area is 216 Å². The van der Waals surface area contributed by atoms with Crippen molar-refractivity contribution in [2.45, 2.75) is 71.1 Å². The van der Waals surface area contributed by atoms with E-state index in [-0.39, 0.29) is 5.91 Å². The molecule has 2 aromatic rings. The maximum atomic E-state index is 12.2. The fraction of sp³-hybridized carbons (Fsp3) is 0.500. The van der Waals surface area contributed by atoms with Gasteiger partial charge in [0.1, 0.15) is 11.7 Å². The predicted molar refractivity (Wildman–Crippen MR) is 136 cm³/mol. The molecule has 1 atom stereocenters. The highest BCUT2D eigenvalue weighted by atomic mass is 35.5. The molecular weight excluding hydrogens is 489 g/mol. The second-order valence-electron chi connectivity index (χ2n) is 9.49. The number of nitriles is 1. The summed E-state index contributed by atoms with van der Waals surface area (Å²) in [6.45, 7) is 7.48. The minimum atomic E-state index is -4.22. The Kier molecular flexibility index (Phi) is 10.8. The van der Waals surface area contributed by atoms with Gasteiger partial charge in [-0.15, -0.1) is 0 Å². The lowest BCUT2D eigenvalue weighted by atomic mass is 10.0. The van der Waals surface area contributed by atoms with Crippen LogP contribution in [0.25, 0.3) is 0 Å². The van der Waals surface area contributed by atoms with E-state index in [1.165, 1.54) is 12.1 Å². The van der Waals surface area contributed by atoms with Gasteiger partial charge in [0, 0.05) is 13.1 Å². The van der Waals surface area contributed by atoms with Crippen LogP contribution in [-0.2, 0) is 17.4 Å². The van der Waals surface area contributed by atoms with Crippen LogP contribution in [0.15, 0.2) is 42.5 Å². The van der Waals surface area contributed by atoms with Gasteiger partial charge >= 0.3 is 6.18 Å². The predicted octanol–water partition coefficient (Wildman–Crippen LogP) is 6.95. The summed E-state index contributed by atoms with van der Waals surface area (Å²) in [5.74, 6) is 0.586. The number of alkyl halides is 3. The molecule has 2 aliphatic rings. The van der Waals surface area contributed by atoms with Gasteiger partial charge in [0.05, 0.1) is 16.1 Å². The number of hydrogen-bond donors (Lipinski definition) is 1. The van der Waals surface area contributed by atoms with Crippen molar-refractivity contribution in [2.24, 2.45) is 5.92 Å². The number of carbonyl (C=O) groups is 1. The van der Waals surface area contributed by atoms with Crippen LogP contribution in [0.2, 0.25) is 5.02 Å². The number of aryl methyl sites for hydroxylation is 2. The standard InChI is InChI=1S/C11H19NO2.C9H9F3.C8H6ClN/c1-9-4-7-12(8-9)10(13)11(14)5-2-3-6-11;1-2-7-5-3-4-6-8(7)9(10,11)12;1-6-2-3-7(5-10)8(9)4-6/h9,14H,2-8H2,1H3;3-6H,2H2,1H3;2-4H,1H3. The van der Waals surface area contributed by atoms with Crippen LogP contribution in [-0.4, -0.2) is 34.6 Å². The maximum Gasteiger partial charge on any atom is 0.416 e. The first-order valence-electron chi connectivity index (χ1n) is 12.2. The minimum absolute atomic E-state index is 0.0145. The van der Waals surface area contributed by atoms with Crippen molar-refractivity contribution >= 4 is 17.5 Å². The first kappa shape index (κ1) is 29.7. The van der Waals surface area contributed by atoms with Gasteiger partial charge in [-0.2, -0.15) is 18.4 Å². The van der Waals surface area contributed by atoms with Crippen LogP contribution in [0, 0.1) is 24.2 Å². The molecule has 8 heteroatoms. The van der Waals surface area contributed by atoms with Gasteiger partial charge in [0.15, 0.2) is 0 Å². The summed E-state index contributed by atoms with van der Waals surface area (Å²) in [5, 5.41) is 19.1. The molecule has 0 radical (unpaired) electrons. The Morgan fingerprint density at radius 1 is 1.22 bits per heavy atom. The van der Waals surface area contributed by atoms with Crippen molar-refractivity contribution < 1.29 is 23.1 Å². The topological polar surface area (TPSA) is 64.3 Å². The van der Waals surface area contributed by atoms with Crippen molar-refractivity contribution in [3.8, 4) is 6.07 Å². The lowest BCUT2D eigenvalue weighted by Gasteiger charge is -2.27. The summed E-state index contributed by atoms with van der Waals surface area (Å²) in [6, 6.07) is 13.0. The second-order valence-corrected chi connectivity index (χ2v) is 9.89. The number of nitrogens with zero attached hydrogens (tertiary/aromatic N) is 2. The molecule has 0 bridgehead atoms. The van der Waals surface area contributed by atoms with E-state index in [2.05, 4.69) is 6.92 Å². The average Bonchev–Trinajstić information content (AvgIpc) is 3.48. The Bertz CT molecular complexity index is 1060. The van der Waals surface area contributed by atoms with Crippen LogP contribution < -0.4 is 0 Å². The molecule has 1 saturated heterocycles. The Morgan fingerprint density at radius 2 is 1.86 bits per heavy atom. The van der Waals surface area contributed by atoms with Crippen molar-refractivity contribution in [1.29, 1.82) is 5.26 Å². The number of rotatable bonds is 2. The lowest BCUT2D eigenvalue weighted by molar-refractivity contribution is -0.149. The molecule has 2 aromatic carbocycles. The fourth-order valence-electron chi connectivity index (χ4n) is 4.40. The van der Waals surface area contributed by atoms with Crippen molar-refractivity contribution in [2.75, 3.05) is 13.1 Å². The number of halogens is 4. The van der Waals surface area contributed by atoms with E-state index in [1.807, 2.05) is 24.0 Å². The number of aliphatic hydroxyl groups is 1. The lowest BCUT2D eigenvalue weighted by Crippen LogP contribution is -2.46. The molecular formula is C28H34ClF3N2O2. The number of benzene rings is 2. The first-order valence-corrected chi connectivity index (χ1v) is 12.6. The van der Waals surface area contributed by atoms with Gasteiger partial charge < -0.3 is 10.0 Å². The summed E-state index contributed by atoms with van der Waals surface area (Å²) >= 11 is 5.71. The quantitative estimate of drug-likeness (QED) is 0.464. The second kappa shape index (κ2) is 13.1. The van der Waals surface area contributed by atoms with Gasteiger partial charge in [0.25, 0.3) is 5.91 Å². The molecule has 1 aliphatic heterocycles. The van der Waals surface area contributed by atoms with Gasteiger partial charge in [-0.1, -0.05) is 49.7 Å². The van der Waals surface area contributed by atoms with Crippen LogP contribution in [0.3, 0.4) is 0 Å². The van der Waals surface area contributed by atoms with E-state index in [1.54, 1.807) is 25.1 Å². The maximum absolute atomic E-state index is 12.2. The normalized spacial score (nSPS) is 18.4. The summed E-state index contributed by atoms with van der Waals surface area (Å²) < 4.78 is 36.7. The van der Waals surface area contributed by atoms with Gasteiger partial charge in [-0.25, -0.2) is 0 Å². The zero-order valence-electron chi connectivity index (χ0n) is 21.0. The number of amides is 1. The molecule has 4 nitrogen and oxygen atoms in total. The van der Waals surface area contributed by atoms with Crippen molar-refractivity contribution in [3.05, 3.63) is 69.7 Å². The molecule has 1 saturated carbocycles. The number of likely N-dealkylation sites (tertiary alicyclic amines) is 1. The fourth-order valence-corrected chi connectivity index (χ4v) is 4.68. The molecule has 36 heavy (non-hydrogen) atoms. The van der Waals surface area contributed by atoms with E-state index >= 15 is 0 Å². The number of hydrogen-bond acceptors (Lipinski definition) is 3. The molecule has 0 aromatic heterocycles. The SMILES string of the molecule is CC1CCN(C(=O)C2(O)CCCC2)C1.CCc1ccccc1C(F)(F)F.Cc1ccc(C#N)c(Cl)c1. The van der Waals surface area contributed by atoms with Crippen LogP contribution in [0.5, 0.6) is 0 Å². The monoisotopic (exact) mass is 522 g/mol. The molecule has 1 aliphatic carbocycles. The van der Waals surface area contributed by atoms with Crippen molar-refractivity contribution in [1.82, 2.24) is 4.90 Å². The van der Waals surface area contributed by atoms with Gasteiger partial charge in [0.2, 0.25) is 0 Å². The highest BCUT2D eigenvalue weighted by Crippen LogP contribution is 2.33. The van der Waals surface area contributed by atoms with Gasteiger partial charge in [-0.05, 0) is 80.7 Å². The minimum Gasteiger partial charge on any atom is -0.380 e. The van der Waals surface area contributed by atoms with E-state index < -0.39 is 17.3 Å². The Hall–Kier alpha value is -2.56. The summed E-state index contributed by atoms with van der Waals surface area (Å²) in [5.41, 5.74) is 0.429. The average molecular weight is 523 g/mol. The molecule has 1 amide bonds. The first-order chi connectivity index (χ1) is 16.9. The summed E-state index contributed by atoms with van der Waals surface area (Å²) in [7, 11) is 0. The largest absolute Gasteiger partial charge is 0.416 e. The third-order valence-corrected chi connectivity index (χ3v) is 6.80. The van der Waals surface area contributed by atoms with Crippen LogP contribution >= 0.6 is 11.6 Å². The van der Waals surface area contributed by atoms with Crippen LogP contribution in [0.4, 0.5) is 13.2 Å².